The Balaban J connectivity index is 1.96. The lowest BCUT2D eigenvalue weighted by atomic mass is 10.0. The Morgan fingerprint density at radius 1 is 0.938 bits per heavy atom. The van der Waals surface area contributed by atoms with E-state index < -0.39 is 0 Å². The molecule has 1 heterocycles. The first-order valence-electron chi connectivity index (χ1n) is 5.97. The maximum atomic E-state index is 2.28. The van der Waals surface area contributed by atoms with Gasteiger partial charge in [-0.25, -0.2) is 0 Å². The molecule has 0 saturated heterocycles. The van der Waals surface area contributed by atoms with Crippen LogP contribution in [0, 0.1) is 0 Å². The summed E-state index contributed by atoms with van der Waals surface area (Å²) in [5.41, 5.74) is 4.31. The third-order valence-corrected chi connectivity index (χ3v) is 3.56. The molecule has 0 atom stereocenters. The number of thiophene rings is 1. The molecule has 2 rings (SSSR count). The molecule has 16 heavy (non-hydrogen) atoms. The highest BCUT2D eigenvalue weighted by Crippen LogP contribution is 2.14. The van der Waals surface area contributed by atoms with Crippen molar-refractivity contribution < 1.29 is 0 Å². The number of hydrogen-bond acceptors (Lipinski definition) is 1. The van der Waals surface area contributed by atoms with Gasteiger partial charge >= 0.3 is 0 Å². The number of rotatable bonds is 5. The minimum Gasteiger partial charge on any atom is -0.152 e. The molecule has 0 aliphatic rings. The number of aryl methyl sites for hydroxylation is 1. The summed E-state index contributed by atoms with van der Waals surface area (Å²) in [5, 5.41) is 4.37. The first-order valence-corrected chi connectivity index (χ1v) is 6.91. The normalized spacial score (nSPS) is 10.6. The molecule has 84 valence electrons. The lowest BCUT2D eigenvalue weighted by molar-refractivity contribution is 0.795. The molecular formula is C15H18S. The summed E-state index contributed by atoms with van der Waals surface area (Å²) in [6.45, 7) is 2.24. The fourth-order valence-corrected chi connectivity index (χ4v) is 2.50. The molecule has 0 saturated carbocycles. The lowest BCUT2D eigenvalue weighted by Crippen LogP contribution is -1.88. The number of hydrogen-bond donors (Lipinski definition) is 0. The molecule has 0 aliphatic heterocycles. The average Bonchev–Trinajstić information content (AvgIpc) is 2.81. The van der Waals surface area contributed by atoms with Gasteiger partial charge in [0.15, 0.2) is 0 Å². The molecule has 0 spiro atoms. The Morgan fingerprint density at radius 2 is 1.69 bits per heavy atom. The molecule has 0 bridgehead atoms. The van der Waals surface area contributed by atoms with E-state index in [4.69, 9.17) is 0 Å². The maximum Gasteiger partial charge on any atom is -0.00175 e. The van der Waals surface area contributed by atoms with E-state index in [1.807, 2.05) is 0 Å². The van der Waals surface area contributed by atoms with E-state index in [0.29, 0.717) is 0 Å². The summed E-state index contributed by atoms with van der Waals surface area (Å²) in [7, 11) is 0. The molecule has 1 heteroatoms. The van der Waals surface area contributed by atoms with Gasteiger partial charge in [-0.05, 0) is 52.8 Å². The smallest absolute Gasteiger partial charge is 0.00175 e. The molecule has 2 aromatic rings. The second-order valence-electron chi connectivity index (χ2n) is 4.23. The van der Waals surface area contributed by atoms with Crippen LogP contribution in [0.25, 0.3) is 0 Å². The highest BCUT2D eigenvalue weighted by molar-refractivity contribution is 7.07. The molecule has 0 aliphatic carbocycles. The van der Waals surface area contributed by atoms with E-state index in [2.05, 4.69) is 48.0 Å². The van der Waals surface area contributed by atoms with E-state index in [9.17, 15) is 0 Å². The second kappa shape index (κ2) is 5.86. The number of benzene rings is 1. The van der Waals surface area contributed by atoms with Crippen molar-refractivity contribution in [2.45, 2.75) is 32.6 Å². The van der Waals surface area contributed by atoms with Crippen LogP contribution in [-0.2, 0) is 12.8 Å². The van der Waals surface area contributed by atoms with Crippen molar-refractivity contribution in [3.05, 3.63) is 57.8 Å². The highest BCUT2D eigenvalue weighted by Gasteiger charge is 1.97. The van der Waals surface area contributed by atoms with E-state index in [0.717, 1.165) is 6.42 Å². The monoisotopic (exact) mass is 230 g/mol. The Kier molecular flexibility index (Phi) is 4.17. The van der Waals surface area contributed by atoms with Crippen molar-refractivity contribution in [1.29, 1.82) is 0 Å². The zero-order valence-corrected chi connectivity index (χ0v) is 10.6. The topological polar surface area (TPSA) is 0 Å². The van der Waals surface area contributed by atoms with Crippen LogP contribution in [0.1, 0.15) is 36.5 Å². The SMILES string of the molecule is CCCCc1ccc(Cc2ccsc2)cc1. The van der Waals surface area contributed by atoms with Crippen molar-refractivity contribution in [2.75, 3.05) is 0 Å². The molecule has 1 aromatic heterocycles. The van der Waals surface area contributed by atoms with E-state index in [1.54, 1.807) is 11.3 Å². The molecule has 0 unspecified atom stereocenters. The Hall–Kier alpha value is -1.08. The van der Waals surface area contributed by atoms with Crippen molar-refractivity contribution in [1.82, 2.24) is 0 Å². The first kappa shape index (κ1) is 11.4. The average molecular weight is 230 g/mol. The fourth-order valence-electron chi connectivity index (χ4n) is 1.83. The van der Waals surface area contributed by atoms with Gasteiger partial charge in [0.05, 0.1) is 0 Å². The van der Waals surface area contributed by atoms with Crippen LogP contribution >= 0.6 is 11.3 Å². The highest BCUT2D eigenvalue weighted by atomic mass is 32.1. The van der Waals surface area contributed by atoms with Gasteiger partial charge in [-0.3, -0.25) is 0 Å². The largest absolute Gasteiger partial charge is 0.152 e. The summed E-state index contributed by atoms with van der Waals surface area (Å²) in [4.78, 5) is 0. The van der Waals surface area contributed by atoms with Crippen molar-refractivity contribution in [3.8, 4) is 0 Å². The first-order chi connectivity index (χ1) is 7.88. The Morgan fingerprint density at radius 3 is 2.31 bits per heavy atom. The molecule has 1 aromatic carbocycles. The Labute approximate surface area is 102 Å². The van der Waals surface area contributed by atoms with Gasteiger partial charge in [0.25, 0.3) is 0 Å². The van der Waals surface area contributed by atoms with E-state index in [-0.39, 0.29) is 0 Å². The fraction of sp³-hybridized carbons (Fsp3) is 0.333. The zero-order chi connectivity index (χ0) is 11.2. The van der Waals surface area contributed by atoms with Crippen LogP contribution < -0.4 is 0 Å². The van der Waals surface area contributed by atoms with E-state index >= 15 is 0 Å². The standard InChI is InChI=1S/C15H18S/c1-2-3-4-13-5-7-14(8-6-13)11-15-9-10-16-12-15/h5-10,12H,2-4,11H2,1H3. The third kappa shape index (κ3) is 3.21. The Bertz CT molecular complexity index is 398. The van der Waals surface area contributed by atoms with Gasteiger partial charge in [0, 0.05) is 0 Å². The molecule has 0 fully saturated rings. The van der Waals surface area contributed by atoms with Crippen LogP contribution in [0.3, 0.4) is 0 Å². The van der Waals surface area contributed by atoms with Gasteiger partial charge in [0.1, 0.15) is 0 Å². The molecule has 0 amide bonds. The summed E-state index contributed by atoms with van der Waals surface area (Å²) >= 11 is 1.77. The van der Waals surface area contributed by atoms with Gasteiger partial charge in [-0.1, -0.05) is 37.6 Å². The van der Waals surface area contributed by atoms with Gasteiger partial charge in [-0.15, -0.1) is 0 Å². The van der Waals surface area contributed by atoms with Crippen molar-refractivity contribution in [2.24, 2.45) is 0 Å². The summed E-state index contributed by atoms with van der Waals surface area (Å²) in [5.74, 6) is 0. The van der Waals surface area contributed by atoms with E-state index in [1.165, 1.54) is 36.0 Å². The predicted octanol–water partition coefficient (Wildman–Crippen LogP) is 4.68. The summed E-state index contributed by atoms with van der Waals surface area (Å²) in [6, 6.07) is 11.3. The van der Waals surface area contributed by atoms with Crippen LogP contribution in [0.4, 0.5) is 0 Å². The van der Waals surface area contributed by atoms with Crippen molar-refractivity contribution >= 4 is 11.3 Å². The minimum absolute atomic E-state index is 1.07. The molecule has 0 nitrogen and oxygen atoms in total. The second-order valence-corrected chi connectivity index (χ2v) is 5.01. The lowest BCUT2D eigenvalue weighted by Gasteiger charge is -2.02. The van der Waals surface area contributed by atoms with Gasteiger partial charge < -0.3 is 0 Å². The number of unbranched alkanes of at least 4 members (excludes halogenated alkanes) is 1. The van der Waals surface area contributed by atoms with Gasteiger partial charge in [0.2, 0.25) is 0 Å². The van der Waals surface area contributed by atoms with Crippen LogP contribution in [0.2, 0.25) is 0 Å². The summed E-state index contributed by atoms with van der Waals surface area (Å²) < 4.78 is 0. The predicted molar refractivity (Wildman–Crippen MR) is 72.2 cm³/mol. The zero-order valence-electron chi connectivity index (χ0n) is 9.78. The summed E-state index contributed by atoms with van der Waals surface area (Å²) in [6.07, 6.45) is 4.85. The van der Waals surface area contributed by atoms with Crippen LogP contribution in [0.5, 0.6) is 0 Å². The molecular weight excluding hydrogens is 212 g/mol. The quantitative estimate of drug-likeness (QED) is 0.699. The van der Waals surface area contributed by atoms with Crippen LogP contribution in [0.15, 0.2) is 41.1 Å². The van der Waals surface area contributed by atoms with Gasteiger partial charge in [-0.2, -0.15) is 11.3 Å². The minimum atomic E-state index is 1.07. The third-order valence-electron chi connectivity index (χ3n) is 2.83. The maximum absolute atomic E-state index is 2.28. The van der Waals surface area contributed by atoms with Crippen LogP contribution in [-0.4, -0.2) is 0 Å². The van der Waals surface area contributed by atoms with Crippen molar-refractivity contribution in [3.63, 3.8) is 0 Å². The molecule has 0 N–H and O–H groups in total. The molecule has 0 radical (unpaired) electrons.